The fourth-order valence-corrected chi connectivity index (χ4v) is 18.3. The lowest BCUT2D eigenvalue weighted by molar-refractivity contribution is -0.391. The molecule has 7 saturated heterocycles. The molecule has 4 amide bonds. The van der Waals surface area contributed by atoms with E-state index in [9.17, 15) is 121 Å². The van der Waals surface area contributed by atoms with Gasteiger partial charge in [-0.05, 0) is 19.3 Å². The minimum atomic E-state index is -2.39. The molecule has 42 nitrogen and oxygen atoms in total. The van der Waals surface area contributed by atoms with E-state index < -0.39 is 297 Å². The van der Waals surface area contributed by atoms with E-state index in [0.717, 1.165) is 85.0 Å². The summed E-state index contributed by atoms with van der Waals surface area (Å²) < 4.78 is 83.9. The monoisotopic (exact) mass is 1940 g/mol. The third-order valence-corrected chi connectivity index (χ3v) is 26.2. The third-order valence-electron chi connectivity index (χ3n) is 26.2. The predicted octanol–water partition coefficient (Wildman–Crippen LogP) is -1.34. The fraction of sp³-hybridized carbons (Fsp3) is 0.935. The Kier molecular flexibility index (Phi) is 55.4. The van der Waals surface area contributed by atoms with Gasteiger partial charge in [-0.15, -0.1) is 0 Å². The first-order valence-electron chi connectivity index (χ1n) is 49.5. The molecule has 7 fully saturated rings. The number of nitrogens with one attached hydrogen (secondary N) is 4. The molecule has 7 rings (SSSR count). The molecule has 0 bridgehead atoms. The minimum absolute atomic E-state index is 0.126. The van der Waals surface area contributed by atoms with Gasteiger partial charge in [0.25, 0.3) is 0 Å². The summed E-state index contributed by atoms with van der Waals surface area (Å²) in [5.41, 5.74) is 0. The molecule has 134 heavy (non-hydrogen) atoms. The Labute approximate surface area is 787 Å². The van der Waals surface area contributed by atoms with Gasteiger partial charge in [-0.2, -0.15) is 0 Å². The summed E-state index contributed by atoms with van der Waals surface area (Å²) in [5.74, 6) is -2.80. The molecular weight excluding hydrogens is 1770 g/mol. The molecule has 0 aromatic heterocycles. The number of hydrogen-bond donors (Lipinski definition) is 24. The van der Waals surface area contributed by atoms with Crippen LogP contribution in [0.15, 0.2) is 12.2 Å². The first-order valence-corrected chi connectivity index (χ1v) is 49.5. The molecule has 14 unspecified atom stereocenters. The van der Waals surface area contributed by atoms with Gasteiger partial charge in [-0.1, -0.05) is 231 Å². The van der Waals surface area contributed by atoms with Crippen molar-refractivity contribution in [1.82, 2.24) is 21.3 Å². The predicted molar refractivity (Wildman–Crippen MR) is 475 cm³/mol. The number of carbonyl (C=O) groups excluding carboxylic acids is 4. The van der Waals surface area contributed by atoms with E-state index >= 15 is 0 Å². The first-order chi connectivity index (χ1) is 64.4. The van der Waals surface area contributed by atoms with Gasteiger partial charge in [0.05, 0.1) is 65.0 Å². The highest BCUT2D eigenvalue weighted by atomic mass is 16.8. The van der Waals surface area contributed by atoms with Crippen LogP contribution in [0.2, 0.25) is 0 Å². The highest BCUT2D eigenvalue weighted by molar-refractivity contribution is 5.76. The summed E-state index contributed by atoms with van der Waals surface area (Å²) in [4.78, 5) is 51.5. The van der Waals surface area contributed by atoms with Crippen molar-refractivity contribution in [2.45, 2.75) is 493 Å². The van der Waals surface area contributed by atoms with Crippen LogP contribution >= 0.6 is 0 Å². The SMILES string of the molecule is CCCCCCCCCCCCC/C=C/[C@@H](O)[C@H](CO[C@@H]1OC(CO)[C@@H](O[C@@H]2OC(CO[C@@H]3OC(CO)[C@@H](O[C@@H]4OC(CO)[C@H](O[C@@H]5OC(CO)[C@H](O)[C@H](O)C5NC(C)=O)[C@H](O)C4O)[C@H](O)C3NC(C)=O)[C@H](O)[C@H](O[C@H]3OC(CO)[C@H](O)[C@H](O[C@@H]4OC(CO)[C@H](O)[C@H](O)C4NC(C)=O)C3O)C2O)[C@H](O)C1O)NC(=O)CCCCCCCCCCCCCCCCCCCCCCCCC. The van der Waals surface area contributed by atoms with Crippen LogP contribution < -0.4 is 21.3 Å². The van der Waals surface area contributed by atoms with Crippen LogP contribution in [-0.4, -0.2) is 406 Å². The van der Waals surface area contributed by atoms with Crippen LogP contribution in [0.5, 0.6) is 0 Å². The molecule has 0 radical (unpaired) electrons. The van der Waals surface area contributed by atoms with E-state index in [1.54, 1.807) is 6.08 Å². The van der Waals surface area contributed by atoms with Crippen LogP contribution in [0.3, 0.4) is 0 Å². The van der Waals surface area contributed by atoms with Crippen molar-refractivity contribution in [3.05, 3.63) is 12.2 Å². The maximum absolute atomic E-state index is 13.8. The number of ether oxygens (including phenoxy) is 14. The lowest BCUT2D eigenvalue weighted by Gasteiger charge is -2.50. The van der Waals surface area contributed by atoms with Gasteiger partial charge in [0, 0.05) is 27.2 Å². The molecule has 0 spiro atoms. The standard InChI is InChI=1S/C92H166N4O38/c1-6-8-10-12-14-16-18-20-21-22-23-24-25-26-27-28-29-31-33-35-37-39-41-43-64(107)96-55(56(106)42-40-38-36-34-32-30-19-17-15-13-11-9-7-2)50-121-89-77(117)75(115)83(61(48-101)127-89)132-92-80(120)85(134-91-79(119)84(70(110)59(46-99)125-91)133-88-66(94-53(4)104)73(113)69(109)58(45-98)124-88)71(111)63(129-92)51-122-86-67(95-54(5)105)74(114)81(60(47-100)126-86)131-90-78(118)76(116)82(62(49-102)128-90)130-87-65(93-52(3)103)72(112)68(108)57(44-97)123-87/h40,42,55-63,65-92,97-102,106,108-120H,6-39,41,43-51H2,1-5H3,(H,93,103)(H,94,104)(H,95,105)(H,96,107)/b42-40+/t55-,56+,57?,58?,59?,60?,61?,62?,63?,65?,66?,67?,68-,69-,70-,71-,72+,73+,74+,75+,76+,77?,78?,79?,80?,81+,82-,83+,84-,85-,86+,87-,88-,89+,90-,91+,92-/m0/s1. The number of aliphatic hydroxyl groups excluding tert-OH is 20. The molecule has 7 aliphatic heterocycles. The lowest BCUT2D eigenvalue weighted by atomic mass is 9.94. The second-order valence-corrected chi connectivity index (χ2v) is 37.1. The van der Waals surface area contributed by atoms with Gasteiger partial charge < -0.3 is 190 Å². The Morgan fingerprint density at radius 1 is 0.299 bits per heavy atom. The molecule has 42 heteroatoms. The van der Waals surface area contributed by atoms with E-state index in [1.165, 1.54) is 148 Å². The average Bonchev–Trinajstić information content (AvgIpc) is 0.765. The summed E-state index contributed by atoms with van der Waals surface area (Å²) in [7, 11) is 0. The second kappa shape index (κ2) is 63.3. The Hall–Kier alpha value is -3.74. The van der Waals surface area contributed by atoms with Crippen molar-refractivity contribution < 1.29 is 188 Å². The quantitative estimate of drug-likeness (QED) is 0.0248. The fourth-order valence-electron chi connectivity index (χ4n) is 18.3. The molecule has 0 aliphatic carbocycles. The van der Waals surface area contributed by atoms with E-state index in [4.69, 9.17) is 66.3 Å². The molecule has 7 heterocycles. The van der Waals surface area contributed by atoms with Crippen LogP contribution in [0.25, 0.3) is 0 Å². The van der Waals surface area contributed by atoms with Crippen LogP contribution in [0, 0.1) is 0 Å². The number of amides is 4. The van der Waals surface area contributed by atoms with Gasteiger partial charge in [0.2, 0.25) is 23.6 Å². The van der Waals surface area contributed by atoms with Crippen molar-refractivity contribution in [3.8, 4) is 0 Å². The average molecular weight is 1940 g/mol. The normalized spacial score (nSPS) is 36.5. The van der Waals surface area contributed by atoms with Crippen molar-refractivity contribution in [2.24, 2.45) is 0 Å². The Morgan fingerprint density at radius 2 is 0.590 bits per heavy atom. The van der Waals surface area contributed by atoms with E-state index in [2.05, 4.69) is 35.1 Å². The highest BCUT2D eigenvalue weighted by Gasteiger charge is 2.59. The summed E-state index contributed by atoms with van der Waals surface area (Å²) in [6, 6.07) is -6.21. The lowest BCUT2D eigenvalue weighted by Crippen LogP contribution is -2.69. The molecule has 7 aliphatic rings. The molecule has 0 aromatic carbocycles. The highest BCUT2D eigenvalue weighted by Crippen LogP contribution is 2.39. The van der Waals surface area contributed by atoms with E-state index in [0.29, 0.717) is 12.8 Å². The van der Waals surface area contributed by atoms with Gasteiger partial charge >= 0.3 is 0 Å². The van der Waals surface area contributed by atoms with Crippen molar-refractivity contribution in [1.29, 1.82) is 0 Å². The summed E-state index contributed by atoms with van der Waals surface area (Å²) in [6.07, 6.45) is -20.1. The van der Waals surface area contributed by atoms with Gasteiger partial charge in [0.15, 0.2) is 44.0 Å². The molecule has 0 aromatic rings. The topological polar surface area (TPSA) is 650 Å². The van der Waals surface area contributed by atoms with Gasteiger partial charge in [-0.25, -0.2) is 0 Å². The number of unbranched alkanes of at least 4 members (excludes halogenated alkanes) is 33. The van der Waals surface area contributed by atoms with Crippen molar-refractivity contribution >= 4 is 23.6 Å². The Balaban J connectivity index is 1.05. The largest absolute Gasteiger partial charge is 0.394 e. The zero-order chi connectivity index (χ0) is 97.9. The third kappa shape index (κ3) is 36.6. The van der Waals surface area contributed by atoms with Crippen LogP contribution in [0.4, 0.5) is 0 Å². The van der Waals surface area contributed by atoms with Crippen molar-refractivity contribution in [2.75, 3.05) is 52.9 Å². The zero-order valence-corrected chi connectivity index (χ0v) is 78.9. The molecular formula is C92H166N4O38. The number of hydrogen-bond acceptors (Lipinski definition) is 38. The van der Waals surface area contributed by atoms with Crippen LogP contribution in [0.1, 0.15) is 266 Å². The number of allylic oxidation sites excluding steroid dienone is 1. The maximum atomic E-state index is 13.8. The second-order valence-electron chi connectivity index (χ2n) is 37.1. The Bertz CT molecular complexity index is 3210. The van der Waals surface area contributed by atoms with E-state index in [-0.39, 0.29) is 12.3 Å². The number of carbonyl (C=O) groups is 4. The maximum Gasteiger partial charge on any atom is 0.220 e. The summed E-state index contributed by atoms with van der Waals surface area (Å²) in [6.45, 7) is -0.0529. The summed E-state index contributed by atoms with van der Waals surface area (Å²) >= 11 is 0. The van der Waals surface area contributed by atoms with Crippen LogP contribution in [-0.2, 0) is 85.5 Å². The Morgan fingerprint density at radius 3 is 0.985 bits per heavy atom. The van der Waals surface area contributed by atoms with Crippen molar-refractivity contribution in [3.63, 3.8) is 0 Å². The first kappa shape index (κ1) is 117. The number of aliphatic hydroxyl groups is 20. The minimum Gasteiger partial charge on any atom is -0.394 e. The molecule has 37 atom stereocenters. The summed E-state index contributed by atoms with van der Waals surface area (Å²) in [5, 5.41) is 237. The molecule has 782 valence electrons. The molecule has 0 saturated carbocycles. The smallest absolute Gasteiger partial charge is 0.220 e. The zero-order valence-electron chi connectivity index (χ0n) is 78.9. The number of rotatable bonds is 64. The van der Waals surface area contributed by atoms with Gasteiger partial charge in [0.1, 0.15) is 171 Å². The van der Waals surface area contributed by atoms with Gasteiger partial charge in [-0.3, -0.25) is 19.2 Å². The van der Waals surface area contributed by atoms with E-state index in [1.807, 2.05) is 6.08 Å². The molecule has 24 N–H and O–H groups in total.